The molecule has 0 N–H and O–H groups in total. The molecule has 2 rings (SSSR count). The van der Waals surface area contributed by atoms with Gasteiger partial charge in [-0.15, -0.1) is 0 Å². The van der Waals surface area contributed by atoms with Gasteiger partial charge in [0.05, 0.1) is 6.54 Å². The molecule has 0 saturated carbocycles. The van der Waals surface area contributed by atoms with Crippen molar-refractivity contribution in [3.05, 3.63) is 70.7 Å². The lowest BCUT2D eigenvalue weighted by Gasteiger charge is -2.24. The van der Waals surface area contributed by atoms with E-state index in [1.54, 1.807) is 16.8 Å². The van der Waals surface area contributed by atoms with Crippen LogP contribution < -0.4 is 0 Å². The van der Waals surface area contributed by atoms with Crippen LogP contribution in [0.1, 0.15) is 18.1 Å². The van der Waals surface area contributed by atoms with Crippen molar-refractivity contribution >= 4 is 23.4 Å². The molecular weight excluding hydrogens is 336 g/mol. The summed E-state index contributed by atoms with van der Waals surface area (Å²) in [7, 11) is 1.75. The molecule has 0 fully saturated rings. The van der Waals surface area contributed by atoms with Crippen molar-refractivity contribution in [1.29, 1.82) is 0 Å². The monoisotopic (exact) mass is 358 g/mol. The topological polar surface area (TPSA) is 40.6 Å². The maximum Gasteiger partial charge on any atom is 0.242 e. The Hall–Kier alpha value is -2.33. The molecule has 0 aliphatic carbocycles. The van der Waals surface area contributed by atoms with E-state index in [-0.39, 0.29) is 18.4 Å². The molecule has 4 nitrogen and oxygen atoms in total. The Kier molecular flexibility index (Phi) is 7.02. The van der Waals surface area contributed by atoms with Gasteiger partial charge in [0.2, 0.25) is 11.8 Å². The number of carbonyl (C=O) groups is 2. The first kappa shape index (κ1) is 19.0. The molecule has 0 heterocycles. The Balaban J connectivity index is 1.91. The van der Waals surface area contributed by atoms with Gasteiger partial charge in [-0.1, -0.05) is 54.1 Å². The van der Waals surface area contributed by atoms with Crippen molar-refractivity contribution in [2.45, 2.75) is 19.9 Å². The van der Waals surface area contributed by atoms with E-state index < -0.39 is 0 Å². The molecular formula is C20H23ClN2O2. The Bertz CT molecular complexity index is 719. The van der Waals surface area contributed by atoms with E-state index in [4.69, 9.17) is 11.6 Å². The molecule has 0 aromatic heterocycles. The van der Waals surface area contributed by atoms with Crippen LogP contribution in [0.3, 0.4) is 0 Å². The summed E-state index contributed by atoms with van der Waals surface area (Å²) in [5, 5.41) is 0.672. The lowest BCUT2D eigenvalue weighted by atomic mass is 10.1. The van der Waals surface area contributed by atoms with Gasteiger partial charge in [0.15, 0.2) is 0 Å². The molecule has 132 valence electrons. The molecule has 5 heteroatoms. The second-order valence-corrected chi connectivity index (χ2v) is 6.49. The molecule has 0 bridgehead atoms. The number of hydrogen-bond donors (Lipinski definition) is 0. The molecule has 0 unspecified atom stereocenters. The Morgan fingerprint density at radius 2 is 1.68 bits per heavy atom. The van der Waals surface area contributed by atoms with Gasteiger partial charge in [-0.25, -0.2) is 0 Å². The van der Waals surface area contributed by atoms with E-state index in [2.05, 4.69) is 0 Å². The Morgan fingerprint density at radius 3 is 2.32 bits per heavy atom. The summed E-state index contributed by atoms with van der Waals surface area (Å²) < 4.78 is 0. The number of hydrogen-bond acceptors (Lipinski definition) is 2. The van der Waals surface area contributed by atoms with Crippen molar-refractivity contribution in [3.63, 3.8) is 0 Å². The first-order valence-corrected chi connectivity index (χ1v) is 8.61. The summed E-state index contributed by atoms with van der Waals surface area (Å²) in [6.45, 7) is 2.59. The number of likely N-dealkylation sites (N-methyl/N-ethyl adjacent to an activating group) is 1. The molecule has 0 saturated heterocycles. The molecule has 0 atom stereocenters. The number of nitrogens with zero attached hydrogens (tertiary/aromatic N) is 2. The zero-order valence-electron chi connectivity index (χ0n) is 14.6. The predicted molar refractivity (Wildman–Crippen MR) is 100 cm³/mol. The minimum absolute atomic E-state index is 0.0786. The van der Waals surface area contributed by atoms with E-state index in [9.17, 15) is 9.59 Å². The predicted octanol–water partition coefficient (Wildman–Crippen LogP) is 3.39. The minimum Gasteiger partial charge on any atom is -0.340 e. The van der Waals surface area contributed by atoms with Crippen LogP contribution in [-0.4, -0.2) is 41.8 Å². The molecule has 2 amide bonds. The van der Waals surface area contributed by atoms with Gasteiger partial charge in [0.1, 0.15) is 0 Å². The normalized spacial score (nSPS) is 10.4. The average molecular weight is 359 g/mol. The van der Waals surface area contributed by atoms with E-state index >= 15 is 0 Å². The van der Waals surface area contributed by atoms with Crippen LogP contribution >= 0.6 is 11.6 Å². The molecule has 0 aliphatic rings. The lowest BCUT2D eigenvalue weighted by molar-refractivity contribution is -0.138. The second-order valence-electron chi connectivity index (χ2n) is 6.06. The third-order valence-corrected chi connectivity index (χ3v) is 4.25. The van der Waals surface area contributed by atoms with Crippen LogP contribution in [0.25, 0.3) is 0 Å². The van der Waals surface area contributed by atoms with E-state index in [0.29, 0.717) is 24.5 Å². The molecule has 0 aliphatic heterocycles. The third-order valence-electron chi connectivity index (χ3n) is 4.02. The Labute approximate surface area is 154 Å². The van der Waals surface area contributed by atoms with Gasteiger partial charge in [0.25, 0.3) is 0 Å². The fourth-order valence-electron chi connectivity index (χ4n) is 2.53. The summed E-state index contributed by atoms with van der Waals surface area (Å²) >= 11 is 5.98. The van der Waals surface area contributed by atoms with Crippen LogP contribution in [0.5, 0.6) is 0 Å². The smallest absolute Gasteiger partial charge is 0.242 e. The zero-order chi connectivity index (χ0) is 18.2. The van der Waals surface area contributed by atoms with Crippen molar-refractivity contribution in [1.82, 2.24) is 9.80 Å². The molecule has 2 aromatic rings. The quantitative estimate of drug-likeness (QED) is 0.761. The van der Waals surface area contributed by atoms with Gasteiger partial charge in [-0.05, 0) is 29.7 Å². The van der Waals surface area contributed by atoms with Crippen molar-refractivity contribution in [2.75, 3.05) is 20.1 Å². The van der Waals surface area contributed by atoms with E-state index in [1.807, 2.05) is 54.6 Å². The maximum atomic E-state index is 12.4. The van der Waals surface area contributed by atoms with E-state index in [1.165, 1.54) is 6.92 Å². The second kappa shape index (κ2) is 9.23. The van der Waals surface area contributed by atoms with Crippen LogP contribution in [0.2, 0.25) is 5.02 Å². The summed E-state index contributed by atoms with van der Waals surface area (Å²) in [4.78, 5) is 27.5. The van der Waals surface area contributed by atoms with Crippen molar-refractivity contribution in [2.24, 2.45) is 0 Å². The summed E-state index contributed by atoms with van der Waals surface area (Å²) in [5.41, 5.74) is 2.11. The largest absolute Gasteiger partial charge is 0.340 e. The highest BCUT2D eigenvalue weighted by Crippen LogP contribution is 2.12. The van der Waals surface area contributed by atoms with Crippen LogP contribution in [-0.2, 0) is 22.6 Å². The fourth-order valence-corrected chi connectivity index (χ4v) is 2.75. The first-order valence-electron chi connectivity index (χ1n) is 8.23. The van der Waals surface area contributed by atoms with Crippen LogP contribution in [0.4, 0.5) is 0 Å². The highest BCUT2D eigenvalue weighted by Gasteiger charge is 2.17. The molecule has 2 aromatic carbocycles. The Morgan fingerprint density at radius 1 is 1.00 bits per heavy atom. The minimum atomic E-state index is -0.108. The number of benzene rings is 2. The zero-order valence-corrected chi connectivity index (χ0v) is 15.4. The van der Waals surface area contributed by atoms with E-state index in [0.717, 1.165) is 11.1 Å². The first-order chi connectivity index (χ1) is 12.0. The number of amides is 2. The van der Waals surface area contributed by atoms with Crippen molar-refractivity contribution < 1.29 is 9.59 Å². The molecule has 0 radical (unpaired) electrons. The van der Waals surface area contributed by atoms with Gasteiger partial charge < -0.3 is 9.80 Å². The van der Waals surface area contributed by atoms with Gasteiger partial charge in [0, 0.05) is 32.1 Å². The summed E-state index contributed by atoms with van der Waals surface area (Å²) in [6.07, 6.45) is 0.663. The van der Waals surface area contributed by atoms with Gasteiger partial charge >= 0.3 is 0 Å². The number of rotatable bonds is 7. The fraction of sp³-hybridized carbons (Fsp3) is 0.300. The molecule has 0 spiro atoms. The molecule has 25 heavy (non-hydrogen) atoms. The number of carbonyl (C=O) groups excluding carboxylic acids is 2. The van der Waals surface area contributed by atoms with Crippen LogP contribution in [0, 0.1) is 0 Å². The summed E-state index contributed by atoms with van der Waals surface area (Å²) in [5.74, 6) is -0.186. The SMILES string of the molecule is CC(=O)N(CCc1cccc(Cl)c1)CC(=O)N(C)Cc1ccccc1. The highest BCUT2D eigenvalue weighted by atomic mass is 35.5. The standard InChI is InChI=1S/C20H23ClN2O2/c1-16(24)23(12-11-17-9-6-10-19(21)13-17)15-20(25)22(2)14-18-7-4-3-5-8-18/h3-10,13H,11-12,14-15H2,1-2H3. The summed E-state index contributed by atoms with van der Waals surface area (Å²) in [6, 6.07) is 17.3. The average Bonchev–Trinajstić information content (AvgIpc) is 2.59. The van der Waals surface area contributed by atoms with Crippen molar-refractivity contribution in [3.8, 4) is 0 Å². The van der Waals surface area contributed by atoms with Gasteiger partial charge in [-0.3, -0.25) is 9.59 Å². The highest BCUT2D eigenvalue weighted by molar-refractivity contribution is 6.30. The lowest BCUT2D eigenvalue weighted by Crippen LogP contribution is -2.41. The van der Waals surface area contributed by atoms with Crippen LogP contribution in [0.15, 0.2) is 54.6 Å². The maximum absolute atomic E-state index is 12.4. The number of halogens is 1. The third kappa shape index (κ3) is 6.24. The van der Waals surface area contributed by atoms with Gasteiger partial charge in [-0.2, -0.15) is 0 Å².